The van der Waals surface area contributed by atoms with Gasteiger partial charge in [-0.2, -0.15) is 5.26 Å². The fourth-order valence-electron chi connectivity index (χ4n) is 1.67. The van der Waals surface area contributed by atoms with Gasteiger partial charge in [-0.25, -0.2) is 0 Å². The van der Waals surface area contributed by atoms with Gasteiger partial charge in [-0.3, -0.25) is 4.79 Å². The molecule has 1 fully saturated rings. The summed E-state index contributed by atoms with van der Waals surface area (Å²) >= 11 is 0. The van der Waals surface area contributed by atoms with Gasteiger partial charge in [0.15, 0.2) is 0 Å². The molecule has 3 heteroatoms. The summed E-state index contributed by atoms with van der Waals surface area (Å²) in [5.41, 5.74) is -0.536. The molecule has 0 amide bonds. The molecule has 1 saturated carbocycles. The zero-order chi connectivity index (χ0) is 8.32. The Labute approximate surface area is 65.6 Å². The summed E-state index contributed by atoms with van der Waals surface area (Å²) in [6.45, 7) is 0. The third kappa shape index (κ3) is 1.70. The van der Waals surface area contributed by atoms with Crippen LogP contribution in [0.5, 0.6) is 0 Å². The van der Waals surface area contributed by atoms with Crippen LogP contribution in [0.2, 0.25) is 0 Å². The fourth-order valence-corrected chi connectivity index (χ4v) is 1.67. The van der Waals surface area contributed by atoms with Gasteiger partial charge in [-0.1, -0.05) is 12.8 Å². The summed E-state index contributed by atoms with van der Waals surface area (Å²) in [7, 11) is 0. The van der Waals surface area contributed by atoms with Crippen molar-refractivity contribution in [3.8, 4) is 6.07 Å². The first kappa shape index (κ1) is 8.06. The Bertz CT molecular complexity index is 199. The first-order chi connectivity index (χ1) is 5.18. The molecular weight excluding hydrogens is 142 g/mol. The molecule has 0 spiro atoms. The van der Waals surface area contributed by atoms with Gasteiger partial charge in [0.25, 0.3) is 0 Å². The molecule has 1 N–H and O–H groups in total. The predicted molar refractivity (Wildman–Crippen MR) is 38.8 cm³/mol. The maximum Gasteiger partial charge on any atom is 0.304 e. The number of carbonyl (C=O) groups is 1. The van der Waals surface area contributed by atoms with Crippen LogP contribution in [0.25, 0.3) is 0 Å². The molecule has 60 valence electrons. The molecule has 0 aromatic rings. The maximum absolute atomic E-state index is 10.4. The lowest BCUT2D eigenvalue weighted by molar-refractivity contribution is -0.138. The van der Waals surface area contributed by atoms with E-state index in [1.54, 1.807) is 0 Å². The highest BCUT2D eigenvalue weighted by Gasteiger charge is 2.35. The van der Waals surface area contributed by atoms with Crippen LogP contribution in [0.1, 0.15) is 32.1 Å². The third-order valence-corrected chi connectivity index (χ3v) is 2.29. The summed E-state index contributed by atoms with van der Waals surface area (Å²) < 4.78 is 0. The zero-order valence-electron chi connectivity index (χ0n) is 6.34. The molecule has 0 bridgehead atoms. The number of nitrogens with zero attached hydrogens (tertiary/aromatic N) is 1. The molecule has 0 aromatic heterocycles. The molecular formula is C8H11NO2. The average molecular weight is 153 g/mol. The molecule has 0 heterocycles. The van der Waals surface area contributed by atoms with Crippen LogP contribution in [0, 0.1) is 16.7 Å². The smallest absolute Gasteiger partial charge is 0.304 e. The van der Waals surface area contributed by atoms with Crippen LogP contribution >= 0.6 is 0 Å². The predicted octanol–water partition coefficient (Wildman–Crippen LogP) is 1.55. The van der Waals surface area contributed by atoms with Gasteiger partial charge in [0.05, 0.1) is 17.9 Å². The number of aliphatic carboxylic acids is 1. The Morgan fingerprint density at radius 2 is 2.09 bits per heavy atom. The fraction of sp³-hybridized carbons (Fsp3) is 0.750. The highest BCUT2D eigenvalue weighted by molar-refractivity contribution is 5.68. The molecule has 0 aliphatic heterocycles. The number of hydrogen-bond donors (Lipinski definition) is 1. The highest BCUT2D eigenvalue weighted by Crippen LogP contribution is 2.40. The van der Waals surface area contributed by atoms with Gasteiger partial charge in [-0.05, 0) is 12.8 Å². The van der Waals surface area contributed by atoms with Crippen molar-refractivity contribution in [2.45, 2.75) is 32.1 Å². The largest absolute Gasteiger partial charge is 0.481 e. The van der Waals surface area contributed by atoms with E-state index < -0.39 is 11.4 Å². The molecule has 0 radical (unpaired) electrons. The van der Waals surface area contributed by atoms with Crippen LogP contribution in [-0.2, 0) is 4.79 Å². The van der Waals surface area contributed by atoms with Crippen molar-refractivity contribution in [3.63, 3.8) is 0 Å². The number of hydrogen-bond acceptors (Lipinski definition) is 2. The van der Waals surface area contributed by atoms with Crippen molar-refractivity contribution in [1.29, 1.82) is 5.26 Å². The van der Waals surface area contributed by atoms with Crippen molar-refractivity contribution < 1.29 is 9.90 Å². The topological polar surface area (TPSA) is 61.1 Å². The lowest BCUT2D eigenvalue weighted by Crippen LogP contribution is -2.18. The van der Waals surface area contributed by atoms with E-state index in [0.29, 0.717) is 0 Å². The van der Waals surface area contributed by atoms with Gasteiger partial charge in [0.1, 0.15) is 0 Å². The summed E-state index contributed by atoms with van der Waals surface area (Å²) in [5, 5.41) is 17.3. The highest BCUT2D eigenvalue weighted by atomic mass is 16.4. The monoisotopic (exact) mass is 153 g/mol. The molecule has 3 nitrogen and oxygen atoms in total. The second kappa shape index (κ2) is 2.91. The van der Waals surface area contributed by atoms with Gasteiger partial charge in [0, 0.05) is 0 Å². The Morgan fingerprint density at radius 1 is 1.55 bits per heavy atom. The minimum absolute atomic E-state index is 0.0174. The lowest BCUT2D eigenvalue weighted by atomic mass is 9.85. The number of nitriles is 1. The number of carboxylic acids is 1. The summed E-state index contributed by atoms with van der Waals surface area (Å²) in [5.74, 6) is -0.853. The van der Waals surface area contributed by atoms with Crippen molar-refractivity contribution in [2.24, 2.45) is 5.41 Å². The Morgan fingerprint density at radius 3 is 2.45 bits per heavy atom. The minimum Gasteiger partial charge on any atom is -0.481 e. The molecule has 0 atom stereocenters. The second-order valence-electron chi connectivity index (χ2n) is 3.17. The SMILES string of the molecule is N#CC1(CC(=O)O)CCCC1. The van der Waals surface area contributed by atoms with Crippen molar-refractivity contribution in [1.82, 2.24) is 0 Å². The molecule has 1 aliphatic rings. The lowest BCUT2D eigenvalue weighted by Gasteiger charge is -2.15. The van der Waals surface area contributed by atoms with E-state index in [4.69, 9.17) is 10.4 Å². The van der Waals surface area contributed by atoms with Gasteiger partial charge < -0.3 is 5.11 Å². The van der Waals surface area contributed by atoms with E-state index in [2.05, 4.69) is 6.07 Å². The number of carboxylic acid groups (broad SMARTS) is 1. The van der Waals surface area contributed by atoms with E-state index in [-0.39, 0.29) is 6.42 Å². The summed E-state index contributed by atoms with van der Waals surface area (Å²) in [6, 6.07) is 2.13. The normalized spacial score (nSPS) is 21.0. The Kier molecular flexibility index (Phi) is 2.13. The molecule has 1 aliphatic carbocycles. The van der Waals surface area contributed by atoms with Crippen molar-refractivity contribution in [3.05, 3.63) is 0 Å². The van der Waals surface area contributed by atoms with Crippen LogP contribution in [0.15, 0.2) is 0 Å². The first-order valence-electron chi connectivity index (χ1n) is 3.82. The standard InChI is InChI=1S/C8H11NO2/c9-6-8(5-7(10)11)3-1-2-4-8/h1-5H2,(H,10,11). The number of rotatable bonds is 2. The van der Waals surface area contributed by atoms with Crippen molar-refractivity contribution >= 4 is 5.97 Å². The maximum atomic E-state index is 10.4. The van der Waals surface area contributed by atoms with Crippen LogP contribution in [0.3, 0.4) is 0 Å². The molecule has 0 saturated heterocycles. The van der Waals surface area contributed by atoms with Gasteiger partial charge >= 0.3 is 5.97 Å². The molecule has 11 heavy (non-hydrogen) atoms. The third-order valence-electron chi connectivity index (χ3n) is 2.29. The van der Waals surface area contributed by atoms with E-state index in [0.717, 1.165) is 25.7 Å². The van der Waals surface area contributed by atoms with Crippen LogP contribution in [-0.4, -0.2) is 11.1 Å². The van der Waals surface area contributed by atoms with Crippen LogP contribution < -0.4 is 0 Å². The van der Waals surface area contributed by atoms with Crippen molar-refractivity contribution in [2.75, 3.05) is 0 Å². The summed E-state index contributed by atoms with van der Waals surface area (Å²) in [6.07, 6.45) is 3.54. The van der Waals surface area contributed by atoms with E-state index in [1.165, 1.54) is 0 Å². The van der Waals surface area contributed by atoms with E-state index >= 15 is 0 Å². The van der Waals surface area contributed by atoms with Gasteiger partial charge in [-0.15, -0.1) is 0 Å². The van der Waals surface area contributed by atoms with E-state index in [1.807, 2.05) is 0 Å². The Balaban J connectivity index is 2.61. The quantitative estimate of drug-likeness (QED) is 0.654. The second-order valence-corrected chi connectivity index (χ2v) is 3.17. The summed E-state index contributed by atoms with van der Waals surface area (Å²) in [4.78, 5) is 10.4. The minimum atomic E-state index is -0.853. The molecule has 1 rings (SSSR count). The van der Waals surface area contributed by atoms with Gasteiger partial charge in [0.2, 0.25) is 0 Å². The first-order valence-corrected chi connectivity index (χ1v) is 3.82. The Hall–Kier alpha value is -1.04. The molecule has 0 aromatic carbocycles. The van der Waals surface area contributed by atoms with E-state index in [9.17, 15) is 4.79 Å². The van der Waals surface area contributed by atoms with Crippen LogP contribution in [0.4, 0.5) is 0 Å². The average Bonchev–Trinajstić information content (AvgIpc) is 2.36. The zero-order valence-corrected chi connectivity index (χ0v) is 6.34. The molecule has 0 unspecified atom stereocenters.